The molecule has 0 spiro atoms. The fourth-order valence-corrected chi connectivity index (χ4v) is 4.34. The molecule has 3 unspecified atom stereocenters. The van der Waals surface area contributed by atoms with Gasteiger partial charge in [0.1, 0.15) is 0 Å². The molecular weight excluding hydrogens is 372 g/mol. The van der Waals surface area contributed by atoms with Gasteiger partial charge in [0.05, 0.1) is 5.25 Å². The van der Waals surface area contributed by atoms with Crippen molar-refractivity contribution < 1.29 is 13.2 Å². The van der Waals surface area contributed by atoms with Gasteiger partial charge in [-0.2, -0.15) is 0 Å². The standard InChI is InChI=1S/C22H28N2O3S/c1-13(2)28(26,27)24-18-8-6-17(7-9-18)22(25)23-19-10-11-20-15(4)14(3)16(5)21(20)12-19/h6-16,24H,1-5H3,(H,23,25). The fraction of sp³-hybridized carbons (Fsp3) is 0.409. The zero-order chi connectivity index (χ0) is 20.6. The third kappa shape index (κ3) is 3.92. The fourth-order valence-electron chi connectivity index (χ4n) is 3.64. The van der Waals surface area contributed by atoms with Gasteiger partial charge in [0.2, 0.25) is 10.0 Å². The van der Waals surface area contributed by atoms with Crippen molar-refractivity contribution in [2.75, 3.05) is 10.0 Å². The molecule has 2 aromatic carbocycles. The third-order valence-electron chi connectivity index (χ3n) is 5.93. The van der Waals surface area contributed by atoms with Gasteiger partial charge >= 0.3 is 0 Å². The molecule has 2 N–H and O–H groups in total. The number of nitrogens with one attached hydrogen (secondary N) is 2. The highest BCUT2D eigenvalue weighted by molar-refractivity contribution is 7.93. The van der Waals surface area contributed by atoms with Gasteiger partial charge in [0.25, 0.3) is 5.91 Å². The number of fused-ring (bicyclic) bond motifs is 1. The van der Waals surface area contributed by atoms with E-state index < -0.39 is 15.3 Å². The second-order valence-corrected chi connectivity index (χ2v) is 10.2. The first-order chi connectivity index (χ1) is 13.1. The van der Waals surface area contributed by atoms with Gasteiger partial charge in [-0.15, -0.1) is 0 Å². The van der Waals surface area contributed by atoms with Gasteiger partial charge in [-0.1, -0.05) is 26.8 Å². The van der Waals surface area contributed by atoms with Crippen LogP contribution in [0.1, 0.15) is 67.9 Å². The number of hydrogen-bond donors (Lipinski definition) is 2. The first kappa shape index (κ1) is 20.4. The molecule has 150 valence electrons. The van der Waals surface area contributed by atoms with E-state index in [9.17, 15) is 13.2 Å². The monoisotopic (exact) mass is 400 g/mol. The molecule has 0 aliphatic heterocycles. The maximum atomic E-state index is 12.6. The maximum Gasteiger partial charge on any atom is 0.255 e. The summed E-state index contributed by atoms with van der Waals surface area (Å²) in [6, 6.07) is 12.6. The predicted molar refractivity (Wildman–Crippen MR) is 115 cm³/mol. The lowest BCUT2D eigenvalue weighted by Crippen LogP contribution is -2.22. The van der Waals surface area contributed by atoms with E-state index in [0.29, 0.717) is 29.0 Å². The minimum absolute atomic E-state index is 0.218. The zero-order valence-corrected chi connectivity index (χ0v) is 17.8. The van der Waals surface area contributed by atoms with E-state index >= 15 is 0 Å². The van der Waals surface area contributed by atoms with E-state index in [-0.39, 0.29) is 5.91 Å². The lowest BCUT2D eigenvalue weighted by atomic mass is 9.91. The number of amides is 1. The Labute approximate surface area is 167 Å². The molecule has 0 bridgehead atoms. The summed E-state index contributed by atoms with van der Waals surface area (Å²) in [5.74, 6) is 1.36. The Bertz CT molecular complexity index is 981. The zero-order valence-electron chi connectivity index (χ0n) is 17.0. The molecule has 0 saturated carbocycles. The van der Waals surface area contributed by atoms with Gasteiger partial charge in [0, 0.05) is 16.9 Å². The molecule has 0 fully saturated rings. The highest BCUT2D eigenvalue weighted by Crippen LogP contribution is 2.46. The summed E-state index contributed by atoms with van der Waals surface area (Å²) in [7, 11) is -3.40. The summed E-state index contributed by atoms with van der Waals surface area (Å²) < 4.78 is 26.4. The van der Waals surface area contributed by atoms with Crippen LogP contribution in [-0.4, -0.2) is 19.6 Å². The van der Waals surface area contributed by atoms with Crippen molar-refractivity contribution in [1.29, 1.82) is 0 Å². The molecule has 6 heteroatoms. The summed E-state index contributed by atoms with van der Waals surface area (Å²) in [6.45, 7) is 9.98. The lowest BCUT2D eigenvalue weighted by Gasteiger charge is -2.13. The molecule has 0 heterocycles. The van der Waals surface area contributed by atoms with Crippen molar-refractivity contribution in [2.24, 2.45) is 5.92 Å². The Morgan fingerprint density at radius 3 is 2.07 bits per heavy atom. The van der Waals surface area contributed by atoms with Crippen LogP contribution in [0.25, 0.3) is 0 Å². The topological polar surface area (TPSA) is 75.3 Å². The van der Waals surface area contributed by atoms with Crippen LogP contribution < -0.4 is 10.0 Å². The van der Waals surface area contributed by atoms with Crippen molar-refractivity contribution in [1.82, 2.24) is 0 Å². The van der Waals surface area contributed by atoms with Crippen LogP contribution >= 0.6 is 0 Å². The van der Waals surface area contributed by atoms with Gasteiger partial charge < -0.3 is 5.32 Å². The number of carbonyl (C=O) groups excluding carboxylic acids is 1. The van der Waals surface area contributed by atoms with Crippen LogP contribution in [0, 0.1) is 5.92 Å². The maximum absolute atomic E-state index is 12.6. The molecule has 1 aliphatic rings. The Morgan fingerprint density at radius 2 is 1.46 bits per heavy atom. The van der Waals surface area contributed by atoms with Crippen LogP contribution in [0.3, 0.4) is 0 Å². The Morgan fingerprint density at radius 1 is 0.893 bits per heavy atom. The van der Waals surface area contributed by atoms with E-state index in [4.69, 9.17) is 0 Å². The van der Waals surface area contributed by atoms with E-state index in [0.717, 1.165) is 5.69 Å². The van der Waals surface area contributed by atoms with Gasteiger partial charge in [-0.3, -0.25) is 9.52 Å². The number of hydrogen-bond acceptors (Lipinski definition) is 3. The molecule has 28 heavy (non-hydrogen) atoms. The predicted octanol–water partition coefficient (Wildman–Crippen LogP) is 4.95. The normalized spacial score (nSPS) is 21.4. The summed E-state index contributed by atoms with van der Waals surface area (Å²) in [5.41, 5.74) is 4.36. The summed E-state index contributed by atoms with van der Waals surface area (Å²) >= 11 is 0. The Kier molecular flexibility index (Phi) is 5.53. The molecule has 2 aromatic rings. The average molecular weight is 401 g/mol. The van der Waals surface area contributed by atoms with Crippen molar-refractivity contribution in [3.05, 3.63) is 59.2 Å². The van der Waals surface area contributed by atoms with Crippen molar-refractivity contribution in [3.8, 4) is 0 Å². The summed E-state index contributed by atoms with van der Waals surface area (Å²) in [5, 5.41) is 2.42. The molecular formula is C22H28N2O3S. The lowest BCUT2D eigenvalue weighted by molar-refractivity contribution is 0.102. The highest BCUT2D eigenvalue weighted by Gasteiger charge is 2.32. The van der Waals surface area contributed by atoms with Crippen LogP contribution in [-0.2, 0) is 10.0 Å². The SMILES string of the molecule is CC1c2ccc(NC(=O)c3ccc(NS(=O)(=O)C(C)C)cc3)cc2C(C)C1C. The second-order valence-electron chi connectivity index (χ2n) is 8.01. The summed E-state index contributed by atoms with van der Waals surface area (Å²) in [6.07, 6.45) is 0. The van der Waals surface area contributed by atoms with Gasteiger partial charge in [-0.05, 0) is 79.1 Å². The molecule has 0 radical (unpaired) electrons. The van der Waals surface area contributed by atoms with Crippen molar-refractivity contribution in [3.63, 3.8) is 0 Å². The quantitative estimate of drug-likeness (QED) is 0.746. The van der Waals surface area contributed by atoms with Gasteiger partial charge in [-0.25, -0.2) is 8.42 Å². The first-order valence-electron chi connectivity index (χ1n) is 9.67. The third-order valence-corrected chi connectivity index (χ3v) is 7.69. The Balaban J connectivity index is 1.72. The van der Waals surface area contributed by atoms with Gasteiger partial charge in [0.15, 0.2) is 0 Å². The van der Waals surface area contributed by atoms with Crippen molar-refractivity contribution in [2.45, 2.75) is 51.7 Å². The average Bonchev–Trinajstić information content (AvgIpc) is 2.86. The molecule has 3 atom stereocenters. The van der Waals surface area contributed by atoms with Crippen molar-refractivity contribution >= 4 is 27.3 Å². The minimum atomic E-state index is -3.40. The van der Waals surface area contributed by atoms with Crippen LogP contribution in [0.2, 0.25) is 0 Å². The number of benzene rings is 2. The van der Waals surface area contributed by atoms with Crippen LogP contribution in [0.5, 0.6) is 0 Å². The minimum Gasteiger partial charge on any atom is -0.322 e. The number of sulfonamides is 1. The molecule has 0 saturated heterocycles. The van der Waals surface area contributed by atoms with E-state index in [1.165, 1.54) is 11.1 Å². The largest absolute Gasteiger partial charge is 0.322 e. The summed E-state index contributed by atoms with van der Waals surface area (Å²) in [4.78, 5) is 12.6. The smallest absolute Gasteiger partial charge is 0.255 e. The molecule has 1 amide bonds. The van der Waals surface area contributed by atoms with E-state index in [2.05, 4.69) is 42.9 Å². The number of carbonyl (C=O) groups is 1. The van der Waals surface area contributed by atoms with E-state index in [1.54, 1.807) is 38.1 Å². The van der Waals surface area contributed by atoms with Crippen LogP contribution in [0.15, 0.2) is 42.5 Å². The number of rotatable bonds is 5. The molecule has 0 aromatic heterocycles. The molecule has 5 nitrogen and oxygen atoms in total. The second kappa shape index (κ2) is 7.59. The first-order valence-corrected chi connectivity index (χ1v) is 11.2. The number of anilines is 2. The van der Waals surface area contributed by atoms with Crippen LogP contribution in [0.4, 0.5) is 11.4 Å². The van der Waals surface area contributed by atoms with E-state index in [1.807, 2.05) is 6.07 Å². The highest BCUT2D eigenvalue weighted by atomic mass is 32.2. The Hall–Kier alpha value is -2.34. The molecule has 1 aliphatic carbocycles. The molecule has 3 rings (SSSR count).